The normalized spacial score (nSPS) is 10.6. The van der Waals surface area contributed by atoms with Crippen molar-refractivity contribution in [1.82, 2.24) is 4.98 Å². The third-order valence-corrected chi connectivity index (χ3v) is 5.03. The maximum absolute atomic E-state index is 10.9. The van der Waals surface area contributed by atoms with Crippen LogP contribution in [0.4, 0.5) is 0 Å². The van der Waals surface area contributed by atoms with Gasteiger partial charge in [0.05, 0.1) is 21.8 Å². The number of benzene rings is 2. The monoisotopic (exact) mass is 395 g/mol. The molecule has 0 saturated carbocycles. The topological polar surface area (TPSA) is 105 Å². The maximum atomic E-state index is 10.9. The third kappa shape index (κ3) is 3.99. The van der Waals surface area contributed by atoms with Crippen LogP contribution in [0.25, 0.3) is 22.4 Å². The van der Waals surface area contributed by atoms with Gasteiger partial charge in [0.25, 0.3) is 0 Å². The van der Waals surface area contributed by atoms with Crippen molar-refractivity contribution in [3.63, 3.8) is 0 Å². The lowest BCUT2D eigenvalue weighted by Gasteiger charge is -2.19. The number of fused-ring (bicyclic) bond motifs is 1. The summed E-state index contributed by atoms with van der Waals surface area (Å²) < 4.78 is 0. The van der Waals surface area contributed by atoms with Crippen molar-refractivity contribution in [1.29, 1.82) is 0 Å². The highest BCUT2D eigenvalue weighted by Gasteiger charge is 2.19. The van der Waals surface area contributed by atoms with Crippen LogP contribution in [0.15, 0.2) is 41.8 Å². The van der Waals surface area contributed by atoms with Crippen molar-refractivity contribution < 1.29 is 24.6 Å². The van der Waals surface area contributed by atoms with Crippen LogP contribution in [-0.4, -0.2) is 32.9 Å². The first-order chi connectivity index (χ1) is 13.3. The van der Waals surface area contributed by atoms with E-state index >= 15 is 0 Å². The molecule has 1 aromatic heterocycles. The van der Waals surface area contributed by atoms with Crippen LogP contribution in [0.1, 0.15) is 38.2 Å². The van der Waals surface area contributed by atoms with E-state index in [2.05, 4.69) is 28.6 Å². The van der Waals surface area contributed by atoms with Gasteiger partial charge in [0.15, 0.2) is 0 Å². The lowest BCUT2D eigenvalue weighted by molar-refractivity contribution is -0.116. The summed E-state index contributed by atoms with van der Waals surface area (Å²) in [4.78, 5) is 36.9. The molecule has 0 spiro atoms. The summed E-state index contributed by atoms with van der Waals surface area (Å²) in [6, 6.07) is 10.2. The molecule has 1 heterocycles. The van der Waals surface area contributed by atoms with Crippen LogP contribution in [0.5, 0.6) is 0 Å². The maximum Gasteiger partial charge on any atom is 0.336 e. The van der Waals surface area contributed by atoms with Gasteiger partial charge < -0.3 is 10.2 Å². The molecule has 0 atom stereocenters. The molecule has 0 fully saturated rings. The van der Waals surface area contributed by atoms with Crippen molar-refractivity contribution in [2.75, 3.05) is 0 Å². The van der Waals surface area contributed by atoms with Crippen LogP contribution < -0.4 is 0 Å². The highest BCUT2D eigenvalue weighted by Crippen LogP contribution is 2.43. The number of carbonyl (C=O) groups excluding carboxylic acids is 1. The molecule has 0 radical (unpaired) electrons. The Bertz CT molecular complexity index is 1100. The lowest BCUT2D eigenvalue weighted by atomic mass is 9.85. The molecule has 6 nitrogen and oxygen atoms in total. The second-order valence-corrected chi connectivity index (χ2v) is 7.44. The van der Waals surface area contributed by atoms with Crippen LogP contribution >= 0.6 is 11.3 Å². The minimum Gasteiger partial charge on any atom is -0.478 e. The van der Waals surface area contributed by atoms with Crippen molar-refractivity contribution in [3.8, 4) is 22.4 Å². The second kappa shape index (κ2) is 7.74. The number of hydrogen-bond acceptors (Lipinski definition) is 5. The number of rotatable bonds is 5. The molecule has 2 N–H and O–H groups in total. The zero-order valence-electron chi connectivity index (χ0n) is 15.2. The summed E-state index contributed by atoms with van der Waals surface area (Å²) in [5, 5.41) is 20.8. The van der Waals surface area contributed by atoms with Crippen LogP contribution in [0.3, 0.4) is 0 Å². The Balaban J connectivity index is 0.000000166. The van der Waals surface area contributed by atoms with Gasteiger partial charge >= 0.3 is 11.9 Å². The summed E-state index contributed by atoms with van der Waals surface area (Å²) >= 11 is 1.71. The fourth-order valence-electron chi connectivity index (χ4n) is 2.82. The number of aromatic nitrogens is 1. The fraction of sp³-hybridized carbons (Fsp3) is 0.143. The van der Waals surface area contributed by atoms with Crippen molar-refractivity contribution in [3.05, 3.63) is 63.5 Å². The average Bonchev–Trinajstić information content (AvgIpc) is 3.03. The van der Waals surface area contributed by atoms with Gasteiger partial charge in [0.2, 0.25) is 0 Å². The Morgan fingerprint density at radius 1 is 1.00 bits per heavy atom. The van der Waals surface area contributed by atoms with E-state index in [-0.39, 0.29) is 23.3 Å². The molecule has 7 heteroatoms. The molecule has 0 unspecified atom stereocenters. The molecule has 4 rings (SSSR count). The van der Waals surface area contributed by atoms with E-state index < -0.39 is 11.9 Å². The third-order valence-electron chi connectivity index (χ3n) is 4.25. The zero-order valence-corrected chi connectivity index (χ0v) is 16.0. The Hall–Kier alpha value is -3.32. The first kappa shape index (κ1) is 19.4. The summed E-state index contributed by atoms with van der Waals surface area (Å²) in [7, 11) is 0. The highest BCUT2D eigenvalue weighted by molar-refractivity contribution is 7.09. The minimum atomic E-state index is -1.24. The van der Waals surface area contributed by atoms with E-state index in [1.807, 2.05) is 6.92 Å². The molecule has 142 valence electrons. The Morgan fingerprint density at radius 2 is 1.75 bits per heavy atom. The number of aromatic carboxylic acids is 2. The molecular weight excluding hydrogens is 378 g/mol. The molecule has 2 aromatic rings. The van der Waals surface area contributed by atoms with E-state index in [0.717, 1.165) is 16.8 Å². The molecule has 1 aromatic carbocycles. The highest BCUT2D eigenvalue weighted by atomic mass is 32.1. The number of aryl methyl sites for hydroxylation is 1. The predicted molar refractivity (Wildman–Crippen MR) is 106 cm³/mol. The Morgan fingerprint density at radius 3 is 2.18 bits per heavy atom. The van der Waals surface area contributed by atoms with Gasteiger partial charge in [-0.15, -0.1) is 11.3 Å². The number of carboxylic acid groups (broad SMARTS) is 2. The molecule has 2 aliphatic carbocycles. The van der Waals surface area contributed by atoms with Crippen LogP contribution in [0.2, 0.25) is 0 Å². The first-order valence-corrected chi connectivity index (χ1v) is 9.30. The molecule has 28 heavy (non-hydrogen) atoms. The summed E-state index contributed by atoms with van der Waals surface area (Å²) in [6.07, 6.45) is -0.0124. The number of carbonyl (C=O) groups is 3. The quantitative estimate of drug-likeness (QED) is 0.522. The Labute approximate surface area is 165 Å². The molecule has 0 saturated heterocycles. The van der Waals surface area contributed by atoms with Gasteiger partial charge in [0.1, 0.15) is 5.78 Å². The number of carboxylic acids is 2. The smallest absolute Gasteiger partial charge is 0.336 e. The van der Waals surface area contributed by atoms with Crippen LogP contribution in [-0.2, 0) is 11.2 Å². The minimum absolute atomic E-state index is 0.0124. The van der Waals surface area contributed by atoms with E-state index in [1.54, 1.807) is 11.3 Å². The van der Waals surface area contributed by atoms with Gasteiger partial charge in [-0.05, 0) is 48.7 Å². The summed E-state index contributed by atoms with van der Waals surface area (Å²) in [6.45, 7) is 3.38. The second-order valence-electron chi connectivity index (χ2n) is 6.37. The molecule has 0 bridgehead atoms. The molecule has 0 aliphatic heterocycles. The zero-order chi connectivity index (χ0) is 20.4. The number of nitrogens with zero attached hydrogens (tertiary/aromatic N) is 1. The fourth-order valence-corrected chi connectivity index (χ4v) is 3.43. The lowest BCUT2D eigenvalue weighted by Crippen LogP contribution is -2.08. The number of thiazole rings is 1. The molecule has 0 amide bonds. The van der Waals surface area contributed by atoms with E-state index in [4.69, 9.17) is 10.2 Å². The van der Waals surface area contributed by atoms with E-state index in [9.17, 15) is 14.4 Å². The molecule has 2 aliphatic rings. The summed E-state index contributed by atoms with van der Waals surface area (Å²) in [5.41, 5.74) is 5.30. The number of ketones is 1. The largest absolute Gasteiger partial charge is 0.478 e. The van der Waals surface area contributed by atoms with Gasteiger partial charge in [-0.25, -0.2) is 14.6 Å². The van der Waals surface area contributed by atoms with E-state index in [0.29, 0.717) is 5.56 Å². The van der Waals surface area contributed by atoms with Crippen molar-refractivity contribution >= 4 is 29.1 Å². The van der Waals surface area contributed by atoms with Gasteiger partial charge in [-0.3, -0.25) is 4.79 Å². The van der Waals surface area contributed by atoms with Crippen molar-refractivity contribution in [2.45, 2.75) is 20.3 Å². The number of hydrogen-bond donors (Lipinski definition) is 2. The van der Waals surface area contributed by atoms with Gasteiger partial charge in [-0.2, -0.15) is 0 Å². The van der Waals surface area contributed by atoms with Crippen LogP contribution in [0, 0.1) is 6.92 Å². The Kier molecular flexibility index (Phi) is 5.37. The standard InChI is InChI=1S/C11H10O5.C10H7NS/c1-6(12)4-7-2-3-8(10(13)14)5-9(7)11(15)16;1-6-11-10(5-12-6)9-4-7-2-3-8(7)9/h2-3,5H,4H2,1H3,(H,13,14)(H,15,16);2-5H,1H3. The first-order valence-electron chi connectivity index (χ1n) is 8.42. The summed E-state index contributed by atoms with van der Waals surface area (Å²) in [5.74, 6) is -2.61. The van der Waals surface area contributed by atoms with Crippen molar-refractivity contribution in [2.24, 2.45) is 0 Å². The van der Waals surface area contributed by atoms with Gasteiger partial charge in [0, 0.05) is 17.4 Å². The van der Waals surface area contributed by atoms with Gasteiger partial charge in [-0.1, -0.05) is 18.2 Å². The predicted octanol–water partition coefficient (Wildman–Crippen LogP) is 4.31. The average molecular weight is 395 g/mol. The molecular formula is C21H17NO5S. The number of Topliss-reactive ketones (excluding diaryl/α,β-unsaturated/α-hetero) is 1. The van der Waals surface area contributed by atoms with E-state index in [1.165, 1.54) is 35.7 Å². The SMILES string of the molecule is CC(=O)Cc1ccc(C(=O)O)cc1C(=O)O.Cc1nc(-c2cc3ccc2-3)cs1.